The van der Waals surface area contributed by atoms with E-state index in [4.69, 9.17) is 0 Å². The summed E-state index contributed by atoms with van der Waals surface area (Å²) in [7, 11) is 0. The molecular formula is C10H15N3O3. The molecule has 1 amide bonds. The Morgan fingerprint density at radius 3 is 2.81 bits per heavy atom. The van der Waals surface area contributed by atoms with Gasteiger partial charge in [0.15, 0.2) is 0 Å². The zero-order valence-electron chi connectivity index (χ0n) is 9.32. The van der Waals surface area contributed by atoms with Crippen LogP contribution in [0.15, 0.2) is 21.7 Å². The van der Waals surface area contributed by atoms with E-state index in [0.29, 0.717) is 0 Å². The quantitative estimate of drug-likeness (QED) is 0.721. The highest BCUT2D eigenvalue weighted by Gasteiger charge is 2.07. The summed E-state index contributed by atoms with van der Waals surface area (Å²) < 4.78 is 0.986. The number of amides is 1. The number of aromatic nitrogens is 2. The van der Waals surface area contributed by atoms with E-state index in [2.05, 4.69) is 10.4 Å². The van der Waals surface area contributed by atoms with Crippen LogP contribution in [-0.2, 0) is 11.3 Å². The van der Waals surface area contributed by atoms with E-state index in [1.54, 1.807) is 0 Å². The lowest BCUT2D eigenvalue weighted by atomic mass is 10.2. The molecule has 0 radical (unpaired) electrons. The van der Waals surface area contributed by atoms with Crippen LogP contribution in [0, 0.1) is 0 Å². The molecule has 1 heterocycles. The van der Waals surface area contributed by atoms with Crippen molar-refractivity contribution >= 4 is 5.91 Å². The molecule has 16 heavy (non-hydrogen) atoms. The molecule has 0 aromatic carbocycles. The molecule has 1 unspecified atom stereocenters. The fraction of sp³-hybridized carbons (Fsp3) is 0.500. The fourth-order valence-electron chi connectivity index (χ4n) is 1.15. The normalized spacial score (nSPS) is 12.1. The standard InChI is InChI=1S/C10H15N3O3/c1-3-7(2)11-9(15)6-13-10(16)5-4-8(14)12-13/h4-5,7H,3,6H2,1-2H3,(H,11,15)(H,12,14). The monoisotopic (exact) mass is 225 g/mol. The van der Waals surface area contributed by atoms with Gasteiger partial charge in [0.2, 0.25) is 5.91 Å². The Kier molecular flexibility index (Phi) is 4.04. The van der Waals surface area contributed by atoms with Gasteiger partial charge in [0, 0.05) is 18.2 Å². The van der Waals surface area contributed by atoms with Gasteiger partial charge in [-0.1, -0.05) is 6.92 Å². The van der Waals surface area contributed by atoms with Crippen molar-refractivity contribution in [3.05, 3.63) is 32.8 Å². The fourth-order valence-corrected chi connectivity index (χ4v) is 1.15. The van der Waals surface area contributed by atoms with Crippen LogP contribution >= 0.6 is 0 Å². The van der Waals surface area contributed by atoms with Crippen molar-refractivity contribution in [2.45, 2.75) is 32.9 Å². The van der Waals surface area contributed by atoms with Gasteiger partial charge < -0.3 is 5.32 Å². The topological polar surface area (TPSA) is 84.0 Å². The summed E-state index contributed by atoms with van der Waals surface area (Å²) >= 11 is 0. The summed E-state index contributed by atoms with van der Waals surface area (Å²) in [6.07, 6.45) is 0.811. The Morgan fingerprint density at radius 2 is 2.19 bits per heavy atom. The number of carbonyl (C=O) groups is 1. The van der Waals surface area contributed by atoms with Crippen molar-refractivity contribution in [3.63, 3.8) is 0 Å². The highest BCUT2D eigenvalue weighted by atomic mass is 16.2. The number of hydrogen-bond acceptors (Lipinski definition) is 3. The Labute approximate surface area is 92.3 Å². The summed E-state index contributed by atoms with van der Waals surface area (Å²) in [6.45, 7) is 3.65. The molecule has 0 spiro atoms. The van der Waals surface area contributed by atoms with Crippen LogP contribution in [0.2, 0.25) is 0 Å². The first-order chi connectivity index (χ1) is 7.52. The van der Waals surface area contributed by atoms with Crippen LogP contribution in [-0.4, -0.2) is 21.7 Å². The van der Waals surface area contributed by atoms with E-state index in [0.717, 1.165) is 23.2 Å². The number of nitrogens with zero attached hydrogens (tertiary/aromatic N) is 1. The second-order valence-corrected chi connectivity index (χ2v) is 3.61. The molecule has 0 fully saturated rings. The first-order valence-electron chi connectivity index (χ1n) is 5.12. The molecule has 0 bridgehead atoms. The molecular weight excluding hydrogens is 210 g/mol. The smallest absolute Gasteiger partial charge is 0.265 e. The van der Waals surface area contributed by atoms with E-state index in [9.17, 15) is 14.4 Å². The number of nitrogens with one attached hydrogen (secondary N) is 2. The van der Waals surface area contributed by atoms with Gasteiger partial charge >= 0.3 is 0 Å². The number of rotatable bonds is 4. The lowest BCUT2D eigenvalue weighted by molar-refractivity contribution is -0.122. The third-order valence-corrected chi connectivity index (χ3v) is 2.21. The lowest BCUT2D eigenvalue weighted by Gasteiger charge is -2.11. The maximum atomic E-state index is 11.5. The van der Waals surface area contributed by atoms with E-state index >= 15 is 0 Å². The first kappa shape index (κ1) is 12.2. The van der Waals surface area contributed by atoms with E-state index in [1.807, 2.05) is 13.8 Å². The summed E-state index contributed by atoms with van der Waals surface area (Å²) in [5.74, 6) is -0.293. The van der Waals surface area contributed by atoms with Crippen LogP contribution in [0.5, 0.6) is 0 Å². The second-order valence-electron chi connectivity index (χ2n) is 3.61. The van der Waals surface area contributed by atoms with Gasteiger partial charge in [0.1, 0.15) is 6.54 Å². The average molecular weight is 225 g/mol. The minimum absolute atomic E-state index is 0.0543. The molecule has 1 aromatic rings. The molecule has 2 N–H and O–H groups in total. The van der Waals surface area contributed by atoms with E-state index in [1.165, 1.54) is 0 Å². The molecule has 0 aliphatic carbocycles. The van der Waals surface area contributed by atoms with Crippen molar-refractivity contribution in [3.8, 4) is 0 Å². The van der Waals surface area contributed by atoms with Crippen molar-refractivity contribution in [1.82, 2.24) is 15.1 Å². The number of hydrogen-bond donors (Lipinski definition) is 2. The molecule has 6 heteroatoms. The Balaban J connectivity index is 2.73. The van der Waals surface area contributed by atoms with Gasteiger partial charge in [-0.3, -0.25) is 19.5 Å². The third kappa shape index (κ3) is 3.38. The molecule has 0 aliphatic rings. The lowest BCUT2D eigenvalue weighted by Crippen LogP contribution is -2.39. The molecule has 0 aliphatic heterocycles. The van der Waals surface area contributed by atoms with Crippen molar-refractivity contribution in [2.75, 3.05) is 0 Å². The molecule has 6 nitrogen and oxygen atoms in total. The molecule has 1 aromatic heterocycles. The number of H-pyrrole nitrogens is 1. The zero-order valence-corrected chi connectivity index (χ0v) is 9.32. The zero-order chi connectivity index (χ0) is 12.1. The molecule has 88 valence electrons. The van der Waals surface area contributed by atoms with Crippen LogP contribution in [0.4, 0.5) is 0 Å². The van der Waals surface area contributed by atoms with Crippen LogP contribution in [0.3, 0.4) is 0 Å². The molecule has 1 atom stereocenters. The maximum Gasteiger partial charge on any atom is 0.265 e. The Hall–Kier alpha value is -1.85. The van der Waals surface area contributed by atoms with E-state index in [-0.39, 0.29) is 18.5 Å². The van der Waals surface area contributed by atoms with Crippen molar-refractivity contribution in [1.29, 1.82) is 0 Å². The summed E-state index contributed by atoms with van der Waals surface area (Å²) in [4.78, 5) is 33.7. The molecule has 0 saturated heterocycles. The van der Waals surface area contributed by atoms with Crippen molar-refractivity contribution < 1.29 is 4.79 Å². The van der Waals surface area contributed by atoms with Crippen LogP contribution in [0.1, 0.15) is 20.3 Å². The SMILES string of the molecule is CCC(C)NC(=O)Cn1[nH]c(=O)ccc1=O. The minimum atomic E-state index is -0.407. The summed E-state index contributed by atoms with van der Waals surface area (Å²) in [6, 6.07) is 2.32. The Morgan fingerprint density at radius 1 is 1.50 bits per heavy atom. The number of carbonyl (C=O) groups excluding carboxylic acids is 1. The van der Waals surface area contributed by atoms with Crippen molar-refractivity contribution in [2.24, 2.45) is 0 Å². The summed E-state index contributed by atoms with van der Waals surface area (Å²) in [5.41, 5.74) is -0.810. The second kappa shape index (κ2) is 5.29. The number of aromatic amines is 1. The molecule has 0 saturated carbocycles. The predicted octanol–water partition coefficient (Wildman–Crippen LogP) is -0.549. The van der Waals surface area contributed by atoms with Gasteiger partial charge in [-0.2, -0.15) is 0 Å². The van der Waals surface area contributed by atoms with Crippen LogP contribution in [0.25, 0.3) is 0 Å². The van der Waals surface area contributed by atoms with Gasteiger partial charge in [-0.25, -0.2) is 4.68 Å². The minimum Gasteiger partial charge on any atom is -0.352 e. The Bertz CT molecular complexity index is 475. The maximum absolute atomic E-state index is 11.5. The van der Waals surface area contributed by atoms with Gasteiger partial charge in [0.05, 0.1) is 0 Å². The van der Waals surface area contributed by atoms with Gasteiger partial charge in [0.25, 0.3) is 11.1 Å². The summed E-state index contributed by atoms with van der Waals surface area (Å²) in [5, 5.41) is 4.99. The highest BCUT2D eigenvalue weighted by Crippen LogP contribution is 1.87. The van der Waals surface area contributed by atoms with Crippen LogP contribution < -0.4 is 16.4 Å². The third-order valence-electron chi connectivity index (χ3n) is 2.21. The largest absolute Gasteiger partial charge is 0.352 e. The molecule has 1 rings (SSSR count). The van der Waals surface area contributed by atoms with E-state index < -0.39 is 11.1 Å². The predicted molar refractivity (Wildman–Crippen MR) is 59.2 cm³/mol. The average Bonchev–Trinajstić information content (AvgIpc) is 2.23. The first-order valence-corrected chi connectivity index (χ1v) is 5.12. The van der Waals surface area contributed by atoms with Gasteiger partial charge in [-0.05, 0) is 13.3 Å². The van der Waals surface area contributed by atoms with Gasteiger partial charge in [-0.15, -0.1) is 0 Å². The highest BCUT2D eigenvalue weighted by molar-refractivity contribution is 5.75.